The minimum absolute atomic E-state index is 1.11. The van der Waals surface area contributed by atoms with Gasteiger partial charge in [0.15, 0.2) is 0 Å². The van der Waals surface area contributed by atoms with Gasteiger partial charge in [0.1, 0.15) is 0 Å². The molecule has 2 aromatic carbocycles. The van der Waals surface area contributed by atoms with Gasteiger partial charge in [-0.25, -0.2) is 0 Å². The van der Waals surface area contributed by atoms with Crippen molar-refractivity contribution >= 4 is 21.8 Å². The molecule has 0 aliphatic heterocycles. The third kappa shape index (κ3) is 2.03. The zero-order valence-corrected chi connectivity index (χ0v) is 12.0. The molecule has 0 fully saturated rings. The summed E-state index contributed by atoms with van der Waals surface area (Å²) in [6.07, 6.45) is 2.47. The lowest BCUT2D eigenvalue weighted by Gasteiger charge is -2.06. The largest absolute Gasteiger partial charge is 0.340 e. The van der Waals surface area contributed by atoms with Crippen molar-refractivity contribution in [2.75, 3.05) is 0 Å². The summed E-state index contributed by atoms with van der Waals surface area (Å²) in [5.74, 6) is 0. The molecule has 1 aromatic heterocycles. The Morgan fingerprint density at radius 3 is 1.84 bits per heavy atom. The van der Waals surface area contributed by atoms with Crippen molar-refractivity contribution in [2.24, 2.45) is 0 Å². The molecule has 0 bridgehead atoms. The average molecular weight is 251 g/mol. The van der Waals surface area contributed by atoms with E-state index in [1.54, 1.807) is 0 Å². The zero-order valence-electron chi connectivity index (χ0n) is 12.0. The first kappa shape index (κ1) is 12.3. The van der Waals surface area contributed by atoms with Gasteiger partial charge in [-0.15, -0.1) is 0 Å². The van der Waals surface area contributed by atoms with Crippen LogP contribution in [0.4, 0.5) is 0 Å². The standard InChI is InChI=1S/C18H21N/c1-4-5-10-19-17-8-6-13(2)11-15(17)16-12-14(3)7-9-18(16)19/h6-9,11-12H,4-5,10H2,1-3H3. The monoisotopic (exact) mass is 251 g/mol. The molecule has 3 aromatic rings. The van der Waals surface area contributed by atoms with Crippen LogP contribution in [0.1, 0.15) is 30.9 Å². The van der Waals surface area contributed by atoms with Crippen molar-refractivity contribution in [1.82, 2.24) is 4.57 Å². The third-order valence-electron chi connectivity index (χ3n) is 3.91. The summed E-state index contributed by atoms with van der Waals surface area (Å²) in [4.78, 5) is 0. The highest BCUT2D eigenvalue weighted by Gasteiger charge is 2.10. The predicted octanol–water partition coefficient (Wildman–Crippen LogP) is 5.21. The van der Waals surface area contributed by atoms with Crippen LogP contribution in [-0.2, 0) is 6.54 Å². The van der Waals surface area contributed by atoms with Gasteiger partial charge in [0.2, 0.25) is 0 Å². The molecule has 0 radical (unpaired) electrons. The van der Waals surface area contributed by atoms with Crippen LogP contribution in [0.15, 0.2) is 36.4 Å². The molecule has 1 nitrogen and oxygen atoms in total. The molecule has 0 N–H and O–H groups in total. The molecule has 0 aliphatic carbocycles. The number of benzene rings is 2. The molecule has 19 heavy (non-hydrogen) atoms. The Kier molecular flexibility index (Phi) is 3.06. The van der Waals surface area contributed by atoms with Crippen molar-refractivity contribution in [3.63, 3.8) is 0 Å². The fourth-order valence-electron chi connectivity index (χ4n) is 2.89. The number of aryl methyl sites for hydroxylation is 3. The number of hydrogen-bond acceptors (Lipinski definition) is 0. The van der Waals surface area contributed by atoms with Crippen LogP contribution >= 0.6 is 0 Å². The maximum atomic E-state index is 2.48. The van der Waals surface area contributed by atoms with Gasteiger partial charge in [0.25, 0.3) is 0 Å². The summed E-state index contributed by atoms with van der Waals surface area (Å²) in [6, 6.07) is 13.6. The van der Waals surface area contributed by atoms with E-state index in [2.05, 4.69) is 61.7 Å². The number of hydrogen-bond donors (Lipinski definition) is 0. The second kappa shape index (κ2) is 4.73. The fourth-order valence-corrected chi connectivity index (χ4v) is 2.89. The molecule has 0 spiro atoms. The van der Waals surface area contributed by atoms with Crippen LogP contribution in [0, 0.1) is 13.8 Å². The molecule has 0 unspecified atom stereocenters. The van der Waals surface area contributed by atoms with E-state index in [9.17, 15) is 0 Å². The lowest BCUT2D eigenvalue weighted by molar-refractivity contribution is 0.665. The average Bonchev–Trinajstić information content (AvgIpc) is 2.69. The Bertz CT molecular complexity index is 675. The Hall–Kier alpha value is -1.76. The lowest BCUT2D eigenvalue weighted by atomic mass is 10.1. The van der Waals surface area contributed by atoms with E-state index in [0.717, 1.165) is 6.54 Å². The van der Waals surface area contributed by atoms with Crippen LogP contribution in [0.3, 0.4) is 0 Å². The summed E-state index contributed by atoms with van der Waals surface area (Å²) >= 11 is 0. The maximum Gasteiger partial charge on any atom is 0.0491 e. The fraction of sp³-hybridized carbons (Fsp3) is 0.333. The molecule has 0 aliphatic rings. The van der Waals surface area contributed by atoms with Gasteiger partial charge in [-0.3, -0.25) is 0 Å². The number of aromatic nitrogens is 1. The van der Waals surface area contributed by atoms with Gasteiger partial charge < -0.3 is 4.57 Å². The van der Waals surface area contributed by atoms with E-state index in [-0.39, 0.29) is 0 Å². The molecule has 1 heteroatoms. The van der Waals surface area contributed by atoms with Crippen LogP contribution < -0.4 is 0 Å². The van der Waals surface area contributed by atoms with E-state index >= 15 is 0 Å². The van der Waals surface area contributed by atoms with Crippen molar-refractivity contribution < 1.29 is 0 Å². The molecule has 0 saturated carbocycles. The molecule has 0 amide bonds. The summed E-state index contributed by atoms with van der Waals surface area (Å²) < 4.78 is 2.48. The van der Waals surface area contributed by atoms with E-state index in [4.69, 9.17) is 0 Å². The summed E-state index contributed by atoms with van der Waals surface area (Å²) in [6.45, 7) is 7.71. The molecule has 98 valence electrons. The number of rotatable bonds is 3. The first-order valence-corrected chi connectivity index (χ1v) is 7.20. The Balaban J connectivity index is 2.36. The quantitative estimate of drug-likeness (QED) is 0.602. The highest BCUT2D eigenvalue weighted by Crippen LogP contribution is 2.30. The highest BCUT2D eigenvalue weighted by atomic mass is 15.0. The highest BCUT2D eigenvalue weighted by molar-refractivity contribution is 6.08. The van der Waals surface area contributed by atoms with Crippen LogP contribution in [-0.4, -0.2) is 4.57 Å². The smallest absolute Gasteiger partial charge is 0.0491 e. The van der Waals surface area contributed by atoms with Gasteiger partial charge >= 0.3 is 0 Å². The summed E-state index contributed by atoms with van der Waals surface area (Å²) in [5.41, 5.74) is 5.42. The van der Waals surface area contributed by atoms with Gasteiger partial charge in [-0.2, -0.15) is 0 Å². The Labute approximate surface area is 114 Å². The lowest BCUT2D eigenvalue weighted by Crippen LogP contribution is -1.96. The van der Waals surface area contributed by atoms with E-state index in [1.165, 1.54) is 45.8 Å². The Morgan fingerprint density at radius 1 is 0.842 bits per heavy atom. The Morgan fingerprint density at radius 2 is 1.37 bits per heavy atom. The van der Waals surface area contributed by atoms with Crippen molar-refractivity contribution in [3.05, 3.63) is 47.5 Å². The second-order valence-electron chi connectivity index (χ2n) is 5.55. The maximum absolute atomic E-state index is 2.48. The molecular weight excluding hydrogens is 230 g/mol. The van der Waals surface area contributed by atoms with Crippen LogP contribution in [0.25, 0.3) is 21.8 Å². The van der Waals surface area contributed by atoms with E-state index in [0.29, 0.717) is 0 Å². The molecule has 3 rings (SSSR count). The molecular formula is C18H21N. The summed E-state index contributed by atoms with van der Waals surface area (Å²) in [5, 5.41) is 2.80. The minimum atomic E-state index is 1.11. The third-order valence-corrected chi connectivity index (χ3v) is 3.91. The topological polar surface area (TPSA) is 4.93 Å². The van der Waals surface area contributed by atoms with E-state index < -0.39 is 0 Å². The zero-order chi connectivity index (χ0) is 13.4. The normalized spacial score (nSPS) is 11.5. The van der Waals surface area contributed by atoms with Crippen molar-refractivity contribution in [3.8, 4) is 0 Å². The van der Waals surface area contributed by atoms with Crippen LogP contribution in [0.5, 0.6) is 0 Å². The molecule has 0 atom stereocenters. The van der Waals surface area contributed by atoms with Gasteiger partial charge in [0, 0.05) is 28.4 Å². The predicted molar refractivity (Wildman–Crippen MR) is 83.8 cm³/mol. The number of nitrogens with zero attached hydrogens (tertiary/aromatic N) is 1. The van der Waals surface area contributed by atoms with Crippen molar-refractivity contribution in [1.29, 1.82) is 0 Å². The van der Waals surface area contributed by atoms with Crippen LogP contribution in [0.2, 0.25) is 0 Å². The molecule has 1 heterocycles. The first-order valence-electron chi connectivity index (χ1n) is 7.20. The number of unbranched alkanes of at least 4 members (excludes halogenated alkanes) is 1. The van der Waals surface area contributed by atoms with Gasteiger partial charge in [0.05, 0.1) is 0 Å². The number of fused-ring (bicyclic) bond motifs is 3. The first-order chi connectivity index (χ1) is 9.20. The van der Waals surface area contributed by atoms with Crippen molar-refractivity contribution in [2.45, 2.75) is 40.2 Å². The minimum Gasteiger partial charge on any atom is -0.340 e. The SMILES string of the molecule is CCCCn1c2ccc(C)cc2c2cc(C)ccc21. The van der Waals surface area contributed by atoms with Gasteiger partial charge in [-0.1, -0.05) is 36.6 Å². The second-order valence-corrected chi connectivity index (χ2v) is 5.55. The van der Waals surface area contributed by atoms with Gasteiger partial charge in [-0.05, 0) is 44.5 Å². The van der Waals surface area contributed by atoms with E-state index in [1.807, 2.05) is 0 Å². The molecule has 0 saturated heterocycles. The summed E-state index contributed by atoms with van der Waals surface area (Å²) in [7, 11) is 0.